The zero-order valence-corrected chi connectivity index (χ0v) is 18.1. The topological polar surface area (TPSA) is 118 Å². The summed E-state index contributed by atoms with van der Waals surface area (Å²) in [6, 6.07) is 4.76. The lowest BCUT2D eigenvalue weighted by Gasteiger charge is -2.25. The van der Waals surface area contributed by atoms with Gasteiger partial charge in [0.1, 0.15) is 10.6 Å². The summed E-state index contributed by atoms with van der Waals surface area (Å²) in [7, 11) is -3.74. The maximum absolute atomic E-state index is 12.6. The van der Waals surface area contributed by atoms with Crippen LogP contribution in [0.15, 0.2) is 29.3 Å². The van der Waals surface area contributed by atoms with Crippen LogP contribution in [-0.4, -0.2) is 62.5 Å². The van der Waals surface area contributed by atoms with Crippen molar-refractivity contribution in [2.45, 2.75) is 18.7 Å². The zero-order chi connectivity index (χ0) is 21.9. The van der Waals surface area contributed by atoms with Crippen LogP contribution in [0, 0.1) is 13.8 Å². The molecule has 0 atom stereocenters. The zero-order valence-electron chi connectivity index (χ0n) is 16.5. The van der Waals surface area contributed by atoms with Crippen molar-refractivity contribution in [1.82, 2.24) is 9.29 Å². The van der Waals surface area contributed by atoms with Gasteiger partial charge in [-0.05, 0) is 37.1 Å². The van der Waals surface area contributed by atoms with Crippen molar-refractivity contribution < 1.29 is 27.5 Å². The van der Waals surface area contributed by atoms with Crippen LogP contribution in [0.25, 0.3) is 0 Å². The molecule has 1 fully saturated rings. The highest BCUT2D eigenvalue weighted by atomic mass is 35.5. The average Bonchev–Trinajstić information content (AvgIpc) is 3.21. The Kier molecular flexibility index (Phi) is 6.81. The summed E-state index contributed by atoms with van der Waals surface area (Å²) in [6.07, 6.45) is 1.22. The number of halogens is 1. The molecule has 0 radical (unpaired) electrons. The van der Waals surface area contributed by atoms with E-state index in [0.29, 0.717) is 23.9 Å². The molecule has 3 rings (SSSR count). The van der Waals surface area contributed by atoms with Gasteiger partial charge in [-0.3, -0.25) is 4.79 Å². The van der Waals surface area contributed by atoms with Crippen LogP contribution in [0.3, 0.4) is 0 Å². The maximum atomic E-state index is 12.6. The molecule has 0 unspecified atom stereocenters. The number of amides is 1. The third kappa shape index (κ3) is 5.01. The molecule has 2 N–H and O–H groups in total. The fourth-order valence-electron chi connectivity index (χ4n) is 3.04. The fourth-order valence-corrected chi connectivity index (χ4v) is 4.81. The first-order chi connectivity index (χ1) is 14.2. The van der Waals surface area contributed by atoms with Crippen LogP contribution >= 0.6 is 11.6 Å². The number of aromatic amines is 1. The minimum Gasteiger partial charge on any atom is -0.451 e. The number of sulfonamides is 1. The number of H-pyrrole nitrogens is 1. The molecule has 1 aromatic heterocycles. The summed E-state index contributed by atoms with van der Waals surface area (Å²) in [4.78, 5) is 26.9. The third-order valence-corrected chi connectivity index (χ3v) is 6.69. The Labute approximate surface area is 179 Å². The molecule has 162 valence electrons. The number of aromatic nitrogens is 1. The number of ether oxygens (including phenoxy) is 2. The first-order valence-electron chi connectivity index (χ1n) is 9.18. The van der Waals surface area contributed by atoms with Crippen LogP contribution in [0.2, 0.25) is 5.02 Å². The van der Waals surface area contributed by atoms with Crippen LogP contribution in [0.5, 0.6) is 0 Å². The molecule has 9 nitrogen and oxygen atoms in total. The number of aryl methyl sites for hydroxylation is 2. The van der Waals surface area contributed by atoms with Gasteiger partial charge in [0, 0.05) is 19.3 Å². The van der Waals surface area contributed by atoms with Crippen molar-refractivity contribution in [2.24, 2.45) is 0 Å². The van der Waals surface area contributed by atoms with E-state index in [1.165, 1.54) is 16.6 Å². The predicted molar refractivity (Wildman–Crippen MR) is 110 cm³/mol. The average molecular weight is 456 g/mol. The molecule has 30 heavy (non-hydrogen) atoms. The number of hydrogen-bond donors (Lipinski definition) is 2. The minimum atomic E-state index is -3.74. The molecule has 11 heteroatoms. The number of rotatable bonds is 6. The second-order valence-corrected chi connectivity index (χ2v) is 9.17. The molecular weight excluding hydrogens is 434 g/mol. The van der Waals surface area contributed by atoms with E-state index >= 15 is 0 Å². The van der Waals surface area contributed by atoms with E-state index in [1.807, 2.05) is 13.0 Å². The number of nitrogens with one attached hydrogen (secondary N) is 2. The van der Waals surface area contributed by atoms with Gasteiger partial charge in [-0.1, -0.05) is 17.7 Å². The van der Waals surface area contributed by atoms with Gasteiger partial charge in [-0.25, -0.2) is 13.2 Å². The van der Waals surface area contributed by atoms with Crippen LogP contribution in [0.4, 0.5) is 5.69 Å². The van der Waals surface area contributed by atoms with Crippen molar-refractivity contribution in [3.05, 3.63) is 46.2 Å². The molecule has 2 heterocycles. The molecule has 1 saturated heterocycles. The van der Waals surface area contributed by atoms with Gasteiger partial charge in [0.15, 0.2) is 6.61 Å². The summed E-state index contributed by atoms with van der Waals surface area (Å²) >= 11 is 6.15. The lowest BCUT2D eigenvalue weighted by atomic mass is 10.1. The summed E-state index contributed by atoms with van der Waals surface area (Å²) in [5.74, 6) is -1.41. The number of esters is 1. The molecule has 1 aliphatic heterocycles. The van der Waals surface area contributed by atoms with Crippen LogP contribution in [-0.2, 0) is 24.3 Å². The van der Waals surface area contributed by atoms with Crippen molar-refractivity contribution >= 4 is 39.2 Å². The van der Waals surface area contributed by atoms with Gasteiger partial charge in [0.2, 0.25) is 10.0 Å². The van der Waals surface area contributed by atoms with Crippen LogP contribution < -0.4 is 5.32 Å². The maximum Gasteiger partial charge on any atom is 0.355 e. The fraction of sp³-hybridized carbons (Fsp3) is 0.368. The monoisotopic (exact) mass is 455 g/mol. The normalized spacial score (nSPS) is 15.0. The van der Waals surface area contributed by atoms with E-state index in [9.17, 15) is 18.0 Å². The van der Waals surface area contributed by atoms with Crippen LogP contribution in [0.1, 0.15) is 21.6 Å². The number of benzene rings is 1. The van der Waals surface area contributed by atoms with Gasteiger partial charge in [-0.2, -0.15) is 4.31 Å². The lowest BCUT2D eigenvalue weighted by molar-refractivity contribution is -0.119. The molecule has 1 amide bonds. The Morgan fingerprint density at radius 1 is 1.23 bits per heavy atom. The van der Waals surface area contributed by atoms with Gasteiger partial charge in [0.25, 0.3) is 5.91 Å². The third-order valence-electron chi connectivity index (χ3n) is 4.51. The summed E-state index contributed by atoms with van der Waals surface area (Å²) < 4.78 is 36.6. The second kappa shape index (κ2) is 9.17. The molecule has 0 spiro atoms. The quantitative estimate of drug-likeness (QED) is 0.644. The predicted octanol–water partition coefficient (Wildman–Crippen LogP) is 2.10. The van der Waals surface area contributed by atoms with E-state index in [-0.39, 0.29) is 23.7 Å². The number of morpholine rings is 1. The highest BCUT2D eigenvalue weighted by Crippen LogP contribution is 2.27. The first kappa shape index (κ1) is 22.3. The van der Waals surface area contributed by atoms with Gasteiger partial charge >= 0.3 is 5.97 Å². The van der Waals surface area contributed by atoms with E-state index in [4.69, 9.17) is 21.1 Å². The number of hydrogen-bond acceptors (Lipinski definition) is 6. The number of nitrogens with zero attached hydrogens (tertiary/aromatic N) is 1. The molecule has 0 aliphatic carbocycles. The first-order valence-corrected chi connectivity index (χ1v) is 11.0. The highest BCUT2D eigenvalue weighted by Gasteiger charge is 2.28. The lowest BCUT2D eigenvalue weighted by Crippen LogP contribution is -2.40. The number of carbonyl (C=O) groups is 2. The van der Waals surface area contributed by atoms with Crippen molar-refractivity contribution in [1.29, 1.82) is 0 Å². The molecule has 0 saturated carbocycles. The molecule has 1 aromatic carbocycles. The number of anilines is 1. The highest BCUT2D eigenvalue weighted by molar-refractivity contribution is 7.89. The number of carbonyl (C=O) groups excluding carboxylic acids is 2. The largest absolute Gasteiger partial charge is 0.451 e. The minimum absolute atomic E-state index is 0.0529. The second-order valence-electron chi connectivity index (χ2n) is 6.83. The van der Waals surface area contributed by atoms with Gasteiger partial charge < -0.3 is 19.8 Å². The van der Waals surface area contributed by atoms with E-state index in [1.54, 1.807) is 13.0 Å². The van der Waals surface area contributed by atoms with E-state index in [2.05, 4.69) is 10.3 Å². The summed E-state index contributed by atoms with van der Waals surface area (Å²) in [5, 5.41) is 3.00. The Balaban J connectivity index is 1.60. The molecule has 2 aromatic rings. The molecule has 0 bridgehead atoms. The smallest absolute Gasteiger partial charge is 0.355 e. The standard InChI is InChI=1S/C19H22ClN3O6S/c1-12-7-13(2)18(15(20)8-12)22-17(24)11-29-19(25)16-9-14(10-21-16)30(26,27)23-3-5-28-6-4-23/h7-10,21H,3-6,11H2,1-2H3,(H,22,24). The van der Waals surface area contributed by atoms with Gasteiger partial charge in [-0.15, -0.1) is 0 Å². The Morgan fingerprint density at radius 2 is 1.93 bits per heavy atom. The van der Waals surface area contributed by atoms with Crippen molar-refractivity contribution in [3.63, 3.8) is 0 Å². The van der Waals surface area contributed by atoms with Gasteiger partial charge in [0.05, 0.1) is 23.9 Å². The molecule has 1 aliphatic rings. The SMILES string of the molecule is Cc1cc(C)c(NC(=O)COC(=O)c2cc(S(=O)(=O)N3CCOCC3)c[nH]2)c(Cl)c1. The van der Waals surface area contributed by atoms with Crippen molar-refractivity contribution in [3.8, 4) is 0 Å². The summed E-state index contributed by atoms with van der Waals surface area (Å²) in [5.41, 5.74) is 2.11. The Hall–Kier alpha value is -2.40. The Bertz CT molecular complexity index is 1040. The van der Waals surface area contributed by atoms with E-state index < -0.39 is 28.5 Å². The van der Waals surface area contributed by atoms with E-state index in [0.717, 1.165) is 11.1 Å². The van der Waals surface area contributed by atoms with Crippen molar-refractivity contribution in [2.75, 3.05) is 38.2 Å². The Morgan fingerprint density at radius 3 is 2.60 bits per heavy atom. The summed E-state index contributed by atoms with van der Waals surface area (Å²) in [6.45, 7) is 4.26. The molecular formula is C19H22ClN3O6S.